The fraction of sp³-hybridized carbons (Fsp3) is 0.562. The number of hydrogen-bond acceptors (Lipinski definition) is 4. The molecule has 0 unspecified atom stereocenters. The van der Waals surface area contributed by atoms with Crippen LogP contribution in [0.1, 0.15) is 25.0 Å². The third-order valence-corrected chi connectivity index (χ3v) is 4.66. The third kappa shape index (κ3) is 2.95. The number of nitrogens with zero attached hydrogens (tertiary/aromatic N) is 2. The Labute approximate surface area is 134 Å². The minimum absolute atomic E-state index is 0.0226. The molecule has 1 saturated heterocycles. The first-order valence-electron chi connectivity index (χ1n) is 7.82. The largest absolute Gasteiger partial charge is 0.467 e. The van der Waals surface area contributed by atoms with Crippen LogP contribution in [0.5, 0.6) is 0 Å². The molecule has 0 radical (unpaired) electrons. The number of ether oxygens (including phenoxy) is 1. The maximum absolute atomic E-state index is 12.4. The molecule has 2 aliphatic rings. The average Bonchev–Trinajstić information content (AvgIpc) is 2.54. The summed E-state index contributed by atoms with van der Waals surface area (Å²) in [6.07, 6.45) is 0.986. The first kappa shape index (κ1) is 15.6. The van der Waals surface area contributed by atoms with Crippen molar-refractivity contribution in [3.8, 4) is 0 Å². The quantitative estimate of drug-likeness (QED) is 0.807. The summed E-state index contributed by atoms with van der Waals surface area (Å²) in [6, 6.07) is 4.37. The standard InChI is InChI=1S/C16H21N3O4/c1-10(15(21)23-2)17-16(22)18-7-11-6-12(9-18)13-4-3-5-14(20)19(13)8-11/h3-5,10-12H,6-9H2,1-2H3,(H,17,22)/t10-,11-,12+/m0/s1. The molecular formula is C16H21N3O4. The number of pyridine rings is 1. The van der Waals surface area contributed by atoms with E-state index in [4.69, 9.17) is 0 Å². The molecule has 2 amide bonds. The van der Waals surface area contributed by atoms with E-state index in [1.807, 2.05) is 10.6 Å². The van der Waals surface area contributed by atoms with Gasteiger partial charge in [0.25, 0.3) is 5.56 Å². The highest BCUT2D eigenvalue weighted by Gasteiger charge is 2.36. The first-order chi connectivity index (χ1) is 11.0. The smallest absolute Gasteiger partial charge is 0.328 e. The number of esters is 1. The summed E-state index contributed by atoms with van der Waals surface area (Å²) in [6.45, 7) is 3.39. The highest BCUT2D eigenvalue weighted by molar-refractivity contribution is 5.83. The number of carbonyl (C=O) groups is 2. The Balaban J connectivity index is 1.74. The average molecular weight is 319 g/mol. The number of urea groups is 1. The number of likely N-dealkylation sites (tertiary alicyclic amines) is 1. The molecule has 1 fully saturated rings. The van der Waals surface area contributed by atoms with Gasteiger partial charge in [-0.05, 0) is 25.3 Å². The van der Waals surface area contributed by atoms with Gasteiger partial charge in [-0.25, -0.2) is 9.59 Å². The number of amides is 2. The van der Waals surface area contributed by atoms with Crippen molar-refractivity contribution >= 4 is 12.0 Å². The van der Waals surface area contributed by atoms with E-state index in [-0.39, 0.29) is 23.4 Å². The van der Waals surface area contributed by atoms with Crippen LogP contribution in [-0.2, 0) is 16.1 Å². The molecule has 3 atom stereocenters. The monoisotopic (exact) mass is 319 g/mol. The summed E-state index contributed by atoms with van der Waals surface area (Å²) in [5.74, 6) is -0.0384. The summed E-state index contributed by atoms with van der Waals surface area (Å²) in [5.41, 5.74) is 1.02. The SMILES string of the molecule is COC(=O)[C@H](C)NC(=O)N1C[C@@H]2C[C@H](C1)c1cccc(=O)n1C2. The number of rotatable bonds is 2. The van der Waals surface area contributed by atoms with Gasteiger partial charge in [-0.1, -0.05) is 6.07 Å². The molecule has 1 aromatic rings. The Morgan fingerprint density at radius 2 is 2.09 bits per heavy atom. The number of fused-ring (bicyclic) bond motifs is 4. The molecule has 124 valence electrons. The van der Waals surface area contributed by atoms with Gasteiger partial charge in [0.2, 0.25) is 0 Å². The maximum Gasteiger partial charge on any atom is 0.328 e. The molecule has 3 heterocycles. The van der Waals surface area contributed by atoms with Crippen LogP contribution in [-0.4, -0.2) is 47.7 Å². The molecule has 0 aromatic carbocycles. The topological polar surface area (TPSA) is 80.6 Å². The summed E-state index contributed by atoms with van der Waals surface area (Å²) < 4.78 is 6.45. The molecule has 1 N–H and O–H groups in total. The van der Waals surface area contributed by atoms with Crippen molar-refractivity contribution in [3.63, 3.8) is 0 Å². The van der Waals surface area contributed by atoms with Crippen LogP contribution in [0.3, 0.4) is 0 Å². The predicted molar refractivity (Wildman–Crippen MR) is 83.1 cm³/mol. The van der Waals surface area contributed by atoms with Gasteiger partial charge >= 0.3 is 12.0 Å². The number of aromatic nitrogens is 1. The molecule has 23 heavy (non-hydrogen) atoms. The zero-order valence-electron chi connectivity index (χ0n) is 13.3. The van der Waals surface area contributed by atoms with E-state index < -0.39 is 12.0 Å². The van der Waals surface area contributed by atoms with E-state index in [1.165, 1.54) is 7.11 Å². The molecule has 2 bridgehead atoms. The summed E-state index contributed by atoms with van der Waals surface area (Å²) in [5, 5.41) is 2.67. The minimum Gasteiger partial charge on any atom is -0.467 e. The van der Waals surface area contributed by atoms with Crippen LogP contribution < -0.4 is 10.9 Å². The van der Waals surface area contributed by atoms with Crippen LogP contribution in [0.2, 0.25) is 0 Å². The highest BCUT2D eigenvalue weighted by atomic mass is 16.5. The van der Waals surface area contributed by atoms with Gasteiger partial charge in [-0.3, -0.25) is 4.79 Å². The molecule has 2 aliphatic heterocycles. The molecule has 1 aromatic heterocycles. The fourth-order valence-corrected chi connectivity index (χ4v) is 3.57. The van der Waals surface area contributed by atoms with Gasteiger partial charge in [0.05, 0.1) is 7.11 Å². The van der Waals surface area contributed by atoms with Crippen molar-refractivity contribution in [3.05, 3.63) is 34.2 Å². The lowest BCUT2D eigenvalue weighted by atomic mass is 9.83. The van der Waals surface area contributed by atoms with Crippen molar-refractivity contribution in [2.75, 3.05) is 20.2 Å². The second-order valence-corrected chi connectivity index (χ2v) is 6.30. The predicted octanol–water partition coefficient (Wildman–Crippen LogP) is 0.538. The molecule has 0 spiro atoms. The zero-order chi connectivity index (χ0) is 16.6. The van der Waals surface area contributed by atoms with Gasteiger partial charge < -0.3 is 19.5 Å². The summed E-state index contributed by atoms with van der Waals surface area (Å²) in [4.78, 5) is 37.5. The molecule has 7 heteroatoms. The second-order valence-electron chi connectivity index (χ2n) is 6.30. The van der Waals surface area contributed by atoms with Crippen LogP contribution >= 0.6 is 0 Å². The van der Waals surface area contributed by atoms with Gasteiger partial charge in [0, 0.05) is 37.3 Å². The number of nitrogens with one attached hydrogen (secondary N) is 1. The van der Waals surface area contributed by atoms with Crippen molar-refractivity contribution in [1.82, 2.24) is 14.8 Å². The Kier molecular flexibility index (Phi) is 4.11. The van der Waals surface area contributed by atoms with Gasteiger partial charge in [0.1, 0.15) is 6.04 Å². The number of piperidine rings is 1. The van der Waals surface area contributed by atoms with E-state index in [2.05, 4.69) is 10.1 Å². The number of methoxy groups -OCH3 is 1. The van der Waals surface area contributed by atoms with E-state index in [0.717, 1.165) is 12.1 Å². The fourth-order valence-electron chi connectivity index (χ4n) is 3.57. The Hall–Kier alpha value is -2.31. The molecule has 0 saturated carbocycles. The number of carbonyl (C=O) groups excluding carboxylic acids is 2. The van der Waals surface area contributed by atoms with E-state index in [9.17, 15) is 14.4 Å². The Bertz CT molecular complexity index is 684. The van der Waals surface area contributed by atoms with Crippen molar-refractivity contribution in [2.45, 2.75) is 31.8 Å². The van der Waals surface area contributed by atoms with Crippen LogP contribution in [0.25, 0.3) is 0 Å². The van der Waals surface area contributed by atoms with Crippen molar-refractivity contribution < 1.29 is 14.3 Å². The van der Waals surface area contributed by atoms with E-state index >= 15 is 0 Å². The van der Waals surface area contributed by atoms with Crippen LogP contribution in [0.4, 0.5) is 4.79 Å². The molecular weight excluding hydrogens is 298 g/mol. The zero-order valence-corrected chi connectivity index (χ0v) is 13.3. The summed E-state index contributed by atoms with van der Waals surface area (Å²) >= 11 is 0. The second kappa shape index (κ2) is 6.06. The van der Waals surface area contributed by atoms with Gasteiger partial charge in [-0.15, -0.1) is 0 Å². The van der Waals surface area contributed by atoms with Crippen LogP contribution in [0.15, 0.2) is 23.0 Å². The molecule has 7 nitrogen and oxygen atoms in total. The van der Waals surface area contributed by atoms with Crippen LogP contribution in [0, 0.1) is 5.92 Å². The van der Waals surface area contributed by atoms with Crippen molar-refractivity contribution in [2.24, 2.45) is 5.92 Å². The van der Waals surface area contributed by atoms with Gasteiger partial charge in [-0.2, -0.15) is 0 Å². The minimum atomic E-state index is -0.677. The summed E-state index contributed by atoms with van der Waals surface area (Å²) in [7, 11) is 1.30. The highest BCUT2D eigenvalue weighted by Crippen LogP contribution is 2.34. The van der Waals surface area contributed by atoms with E-state index in [1.54, 1.807) is 24.0 Å². The van der Waals surface area contributed by atoms with Crippen molar-refractivity contribution in [1.29, 1.82) is 0 Å². The first-order valence-corrected chi connectivity index (χ1v) is 7.82. The molecule has 0 aliphatic carbocycles. The molecule has 3 rings (SSSR count). The normalized spacial score (nSPS) is 23.7. The van der Waals surface area contributed by atoms with E-state index in [0.29, 0.717) is 19.6 Å². The van der Waals surface area contributed by atoms with Gasteiger partial charge in [0.15, 0.2) is 0 Å². The Morgan fingerprint density at radius 1 is 1.30 bits per heavy atom. The lowest BCUT2D eigenvalue weighted by Gasteiger charge is -2.42. The number of hydrogen-bond donors (Lipinski definition) is 1. The lowest BCUT2D eigenvalue weighted by molar-refractivity contribution is -0.142. The lowest BCUT2D eigenvalue weighted by Crippen LogP contribution is -2.54. The maximum atomic E-state index is 12.4. The third-order valence-electron chi connectivity index (χ3n) is 4.66. The Morgan fingerprint density at radius 3 is 2.83 bits per heavy atom.